The molecule has 8 nitrogen and oxygen atoms in total. The molecule has 0 aliphatic carbocycles. The summed E-state index contributed by atoms with van der Waals surface area (Å²) in [5.41, 5.74) is 1.46. The molecule has 4 aromatic rings. The highest BCUT2D eigenvalue weighted by molar-refractivity contribution is 7.13. The lowest BCUT2D eigenvalue weighted by Crippen LogP contribution is -2.37. The fraction of sp³-hybridized carbons (Fsp3) is 0.323. The van der Waals surface area contributed by atoms with E-state index in [0.29, 0.717) is 24.5 Å². The summed E-state index contributed by atoms with van der Waals surface area (Å²) in [7, 11) is 0. The van der Waals surface area contributed by atoms with Gasteiger partial charge in [0, 0.05) is 36.3 Å². The van der Waals surface area contributed by atoms with Crippen molar-refractivity contribution in [1.82, 2.24) is 24.4 Å². The molecule has 0 unspecified atom stereocenters. The molecule has 43 heavy (non-hydrogen) atoms. The number of piperidine rings is 1. The molecule has 0 bridgehead atoms. The smallest absolute Gasteiger partial charge is 0.266 e. The van der Waals surface area contributed by atoms with Crippen molar-refractivity contribution >= 4 is 23.3 Å². The van der Waals surface area contributed by atoms with Crippen molar-refractivity contribution in [3.8, 4) is 33.5 Å². The van der Waals surface area contributed by atoms with Gasteiger partial charge in [-0.25, -0.2) is 23.1 Å². The van der Waals surface area contributed by atoms with Gasteiger partial charge in [0.25, 0.3) is 17.9 Å². The second-order valence-corrected chi connectivity index (χ2v) is 11.2. The predicted octanol–water partition coefficient (Wildman–Crippen LogP) is 6.94. The molecule has 224 valence electrons. The molecular formula is C31H30F3N5O3S. The summed E-state index contributed by atoms with van der Waals surface area (Å²) in [5.74, 6) is -0.908. The topological polar surface area (TPSA) is 90.2 Å². The minimum absolute atomic E-state index is 0.0334. The first kappa shape index (κ1) is 30.1. The molecule has 0 saturated carbocycles. The lowest BCUT2D eigenvalue weighted by atomic mass is 10.0. The van der Waals surface area contributed by atoms with E-state index < -0.39 is 17.8 Å². The number of hydrogen-bond acceptors (Lipinski definition) is 7. The van der Waals surface area contributed by atoms with Gasteiger partial charge >= 0.3 is 0 Å². The Morgan fingerprint density at radius 3 is 2.51 bits per heavy atom. The number of carbonyl (C=O) groups is 1. The number of aromatic nitrogens is 4. The van der Waals surface area contributed by atoms with Crippen LogP contribution in [0.2, 0.25) is 0 Å². The zero-order chi connectivity index (χ0) is 30.7. The number of carbonyl (C=O) groups excluding carboxylic acids is 1. The number of ether oxygens (including phenoxy) is 1. The summed E-state index contributed by atoms with van der Waals surface area (Å²) in [6, 6.07) is 5.40. The minimum Gasteiger partial charge on any atom is -0.476 e. The van der Waals surface area contributed by atoms with Gasteiger partial charge in [0.2, 0.25) is 5.88 Å². The average molecular weight is 610 g/mol. The van der Waals surface area contributed by atoms with E-state index in [1.54, 1.807) is 23.3 Å². The van der Waals surface area contributed by atoms with Crippen LogP contribution in [0.3, 0.4) is 0 Å². The first-order valence-corrected chi connectivity index (χ1v) is 14.8. The number of thiazole rings is 1. The number of nitrogens with zero attached hydrogens (tertiary/aromatic N) is 5. The summed E-state index contributed by atoms with van der Waals surface area (Å²) < 4.78 is 47.7. The Morgan fingerprint density at radius 2 is 1.86 bits per heavy atom. The third-order valence-corrected chi connectivity index (χ3v) is 7.77. The molecule has 5 heterocycles. The SMILES string of the molecule is CCOc1ncc(F)cc1-n1c(C=C(C)C)c(C(=O)N2CCCCC2)cc(-c2nc(-c3ccc(C(F)F)cn3)cs2)c1=O. The molecule has 5 rings (SSSR count). The average Bonchev–Trinajstić information content (AvgIpc) is 3.48. The molecule has 1 saturated heterocycles. The van der Waals surface area contributed by atoms with Crippen molar-refractivity contribution in [3.63, 3.8) is 0 Å². The highest BCUT2D eigenvalue weighted by Crippen LogP contribution is 2.32. The summed E-state index contributed by atoms with van der Waals surface area (Å²) in [6.07, 6.45) is 3.91. The highest BCUT2D eigenvalue weighted by Gasteiger charge is 2.28. The van der Waals surface area contributed by atoms with Gasteiger partial charge in [-0.2, -0.15) is 0 Å². The van der Waals surface area contributed by atoms with Crippen LogP contribution in [0.15, 0.2) is 52.4 Å². The lowest BCUT2D eigenvalue weighted by molar-refractivity contribution is 0.0723. The van der Waals surface area contributed by atoms with Gasteiger partial charge in [-0.05, 0) is 64.3 Å². The molecule has 0 radical (unpaired) electrons. The Morgan fingerprint density at radius 1 is 1.09 bits per heavy atom. The van der Waals surface area contributed by atoms with Crippen molar-refractivity contribution in [1.29, 1.82) is 0 Å². The fourth-order valence-corrected chi connectivity index (χ4v) is 5.72. The van der Waals surface area contributed by atoms with Crippen molar-refractivity contribution in [2.45, 2.75) is 46.5 Å². The van der Waals surface area contributed by atoms with Crippen LogP contribution >= 0.6 is 11.3 Å². The van der Waals surface area contributed by atoms with Gasteiger partial charge in [0.1, 0.15) is 22.2 Å². The van der Waals surface area contributed by atoms with E-state index in [1.165, 1.54) is 22.8 Å². The van der Waals surface area contributed by atoms with Crippen LogP contribution in [-0.2, 0) is 0 Å². The molecule has 0 atom stereocenters. The van der Waals surface area contributed by atoms with Gasteiger partial charge in [0.15, 0.2) is 0 Å². The molecular weight excluding hydrogens is 579 g/mol. The van der Waals surface area contributed by atoms with E-state index in [2.05, 4.69) is 15.0 Å². The van der Waals surface area contributed by atoms with E-state index in [9.17, 15) is 22.8 Å². The van der Waals surface area contributed by atoms with E-state index in [1.807, 2.05) is 13.8 Å². The van der Waals surface area contributed by atoms with E-state index in [-0.39, 0.29) is 51.5 Å². The summed E-state index contributed by atoms with van der Waals surface area (Å²) >= 11 is 1.15. The van der Waals surface area contributed by atoms with E-state index >= 15 is 0 Å². The van der Waals surface area contributed by atoms with Crippen molar-refractivity contribution < 1.29 is 22.7 Å². The molecule has 1 fully saturated rings. The highest BCUT2D eigenvalue weighted by atomic mass is 32.1. The number of allylic oxidation sites excluding steroid dienone is 1. The van der Waals surface area contributed by atoms with Crippen LogP contribution in [0.4, 0.5) is 13.2 Å². The van der Waals surface area contributed by atoms with Gasteiger partial charge < -0.3 is 9.64 Å². The number of alkyl halides is 2. The first-order chi connectivity index (χ1) is 20.7. The molecule has 1 aliphatic rings. The molecule has 1 amide bonds. The zero-order valence-electron chi connectivity index (χ0n) is 23.9. The Labute approximate surface area is 250 Å². The van der Waals surface area contributed by atoms with Crippen molar-refractivity contribution in [2.24, 2.45) is 0 Å². The Kier molecular flexibility index (Phi) is 9.05. The summed E-state index contributed by atoms with van der Waals surface area (Å²) in [6.45, 7) is 6.79. The number of rotatable bonds is 8. The number of pyridine rings is 3. The second kappa shape index (κ2) is 12.9. The van der Waals surface area contributed by atoms with Gasteiger partial charge in [-0.3, -0.25) is 19.1 Å². The predicted molar refractivity (Wildman–Crippen MR) is 159 cm³/mol. The molecule has 1 aliphatic heterocycles. The molecule has 0 N–H and O–H groups in total. The van der Waals surface area contributed by atoms with Crippen molar-refractivity contribution in [2.75, 3.05) is 19.7 Å². The zero-order valence-corrected chi connectivity index (χ0v) is 24.8. The van der Waals surface area contributed by atoms with Crippen LogP contribution in [0.1, 0.15) is 68.1 Å². The second-order valence-electron chi connectivity index (χ2n) is 10.3. The first-order valence-electron chi connectivity index (χ1n) is 13.9. The third-order valence-electron chi connectivity index (χ3n) is 6.89. The Hall–Kier alpha value is -4.32. The van der Waals surface area contributed by atoms with Gasteiger partial charge in [0.05, 0.1) is 35.3 Å². The molecule has 0 spiro atoms. The van der Waals surface area contributed by atoms with Crippen LogP contribution < -0.4 is 10.3 Å². The largest absolute Gasteiger partial charge is 0.476 e. The number of halogens is 3. The van der Waals surface area contributed by atoms with Crippen LogP contribution in [-0.4, -0.2) is 50.0 Å². The normalized spacial score (nSPS) is 13.3. The summed E-state index contributed by atoms with van der Waals surface area (Å²) in [5, 5.41) is 1.95. The van der Waals surface area contributed by atoms with Crippen LogP contribution in [0.25, 0.3) is 33.7 Å². The van der Waals surface area contributed by atoms with E-state index in [4.69, 9.17) is 4.74 Å². The minimum atomic E-state index is -2.65. The summed E-state index contributed by atoms with van der Waals surface area (Å²) in [4.78, 5) is 42.9. The van der Waals surface area contributed by atoms with Crippen LogP contribution in [0.5, 0.6) is 5.88 Å². The van der Waals surface area contributed by atoms with Crippen molar-refractivity contribution in [3.05, 3.63) is 80.6 Å². The fourth-order valence-electron chi connectivity index (χ4n) is 4.90. The lowest BCUT2D eigenvalue weighted by Gasteiger charge is -2.28. The molecule has 4 aromatic heterocycles. The van der Waals surface area contributed by atoms with Crippen LogP contribution in [0, 0.1) is 5.82 Å². The molecule has 0 aromatic carbocycles. The Bertz CT molecular complexity index is 1720. The van der Waals surface area contributed by atoms with E-state index in [0.717, 1.165) is 54.6 Å². The third kappa shape index (κ3) is 6.38. The maximum atomic E-state index is 14.7. The van der Waals surface area contributed by atoms with Gasteiger partial charge in [-0.15, -0.1) is 11.3 Å². The molecule has 12 heteroatoms. The number of amides is 1. The maximum absolute atomic E-state index is 14.7. The number of hydrogen-bond donors (Lipinski definition) is 0. The maximum Gasteiger partial charge on any atom is 0.266 e. The quantitative estimate of drug-likeness (QED) is 0.215. The van der Waals surface area contributed by atoms with Gasteiger partial charge in [-0.1, -0.05) is 5.57 Å². The number of likely N-dealkylation sites (tertiary alicyclic amines) is 1. The Balaban J connectivity index is 1.76. The standard InChI is InChI=1S/C31H30F3N5O3S/c1-4-42-28-26(13-20(32)16-36-28)39-25(12-18(2)3)21(30(40)38-10-6-5-7-11-38)14-22(31(39)41)29-37-24(17-43-29)23-9-8-19(15-35-23)27(33)34/h8-9,12-17,27H,4-7,10-11H2,1-3H3. The monoisotopic (exact) mass is 609 g/mol.